The molecule has 2 aromatic rings. The Morgan fingerprint density at radius 2 is 2.22 bits per heavy atom. The Balaban J connectivity index is 2.17. The molecule has 0 aromatic carbocycles. The number of nitrogens with zero attached hydrogens (tertiary/aromatic N) is 4. The highest BCUT2D eigenvalue weighted by Crippen LogP contribution is 2.25. The Bertz CT molecular complexity index is 523. The van der Waals surface area contributed by atoms with Crippen molar-refractivity contribution in [3.05, 3.63) is 24.2 Å². The third-order valence-corrected chi connectivity index (χ3v) is 3.33. The molecule has 0 aliphatic rings. The van der Waals surface area contributed by atoms with Crippen molar-refractivity contribution in [2.24, 2.45) is 7.05 Å². The van der Waals surface area contributed by atoms with Gasteiger partial charge in [-0.2, -0.15) is 0 Å². The van der Waals surface area contributed by atoms with Crippen LogP contribution in [0.1, 0.15) is 19.0 Å². The van der Waals surface area contributed by atoms with E-state index in [1.165, 1.54) is 0 Å². The van der Waals surface area contributed by atoms with Crippen LogP contribution in [0.4, 0.5) is 5.95 Å². The van der Waals surface area contributed by atoms with E-state index < -0.39 is 0 Å². The fourth-order valence-corrected chi connectivity index (χ4v) is 2.32. The molecule has 2 aromatic heterocycles. The summed E-state index contributed by atoms with van der Waals surface area (Å²) in [5, 5.41) is 5.04. The molecule has 0 saturated carbocycles. The monoisotopic (exact) mass is 263 g/mol. The largest absolute Gasteiger partial charge is 0.354 e. The van der Waals surface area contributed by atoms with Gasteiger partial charge >= 0.3 is 0 Å². The zero-order chi connectivity index (χ0) is 13.0. The van der Waals surface area contributed by atoms with Gasteiger partial charge in [-0.1, -0.05) is 6.92 Å². The Morgan fingerprint density at radius 1 is 1.39 bits per heavy atom. The number of aryl methyl sites for hydroxylation is 2. The van der Waals surface area contributed by atoms with Gasteiger partial charge in [0.05, 0.1) is 0 Å². The van der Waals surface area contributed by atoms with E-state index in [1.807, 2.05) is 30.8 Å². The quantitative estimate of drug-likeness (QED) is 0.840. The topological polar surface area (TPSA) is 55.6 Å². The van der Waals surface area contributed by atoms with Gasteiger partial charge in [-0.25, -0.2) is 15.0 Å². The second-order valence-corrected chi connectivity index (χ2v) is 5.01. The van der Waals surface area contributed by atoms with Gasteiger partial charge in [0.25, 0.3) is 0 Å². The zero-order valence-electron chi connectivity index (χ0n) is 10.8. The van der Waals surface area contributed by atoms with E-state index >= 15 is 0 Å². The van der Waals surface area contributed by atoms with Crippen LogP contribution < -0.4 is 5.32 Å². The minimum absolute atomic E-state index is 0.688. The first kappa shape index (κ1) is 12.9. The Morgan fingerprint density at radius 3 is 2.89 bits per heavy atom. The van der Waals surface area contributed by atoms with Crippen LogP contribution >= 0.6 is 11.8 Å². The second-order valence-electron chi connectivity index (χ2n) is 4.02. The van der Waals surface area contributed by atoms with Crippen LogP contribution in [-0.2, 0) is 7.05 Å². The lowest BCUT2D eigenvalue weighted by Gasteiger charge is -2.06. The highest BCUT2D eigenvalue weighted by atomic mass is 32.2. The number of imidazole rings is 1. The smallest absolute Gasteiger partial charge is 0.223 e. The van der Waals surface area contributed by atoms with Crippen LogP contribution in [0, 0.1) is 6.92 Å². The summed E-state index contributed by atoms with van der Waals surface area (Å²) in [4.78, 5) is 13.1. The third-order valence-electron chi connectivity index (χ3n) is 2.34. The molecule has 5 nitrogen and oxygen atoms in total. The van der Waals surface area contributed by atoms with E-state index in [9.17, 15) is 0 Å². The first-order chi connectivity index (χ1) is 8.69. The normalized spacial score (nSPS) is 10.6. The average molecular weight is 263 g/mol. The molecule has 0 saturated heterocycles. The number of aromatic nitrogens is 4. The van der Waals surface area contributed by atoms with Crippen molar-refractivity contribution < 1.29 is 0 Å². The fourth-order valence-electron chi connectivity index (χ4n) is 1.45. The first-order valence-electron chi connectivity index (χ1n) is 5.93. The minimum Gasteiger partial charge on any atom is -0.354 e. The van der Waals surface area contributed by atoms with Crippen molar-refractivity contribution in [1.82, 2.24) is 19.5 Å². The standard InChI is InChI=1S/C12H17N5S/c1-4-5-13-11-15-9(2)8-10(16-11)18-12-14-6-7-17(12)3/h6-8H,4-5H2,1-3H3,(H,13,15,16). The molecule has 0 spiro atoms. The Kier molecular flexibility index (Phi) is 4.19. The molecule has 96 valence electrons. The number of rotatable bonds is 5. The van der Waals surface area contributed by atoms with Crippen LogP contribution in [0.5, 0.6) is 0 Å². The molecule has 1 N–H and O–H groups in total. The molecule has 0 aliphatic carbocycles. The summed E-state index contributed by atoms with van der Waals surface area (Å²) in [7, 11) is 1.97. The van der Waals surface area contributed by atoms with Crippen LogP contribution in [0.2, 0.25) is 0 Å². The van der Waals surface area contributed by atoms with Crippen molar-refractivity contribution in [2.75, 3.05) is 11.9 Å². The highest BCUT2D eigenvalue weighted by molar-refractivity contribution is 7.99. The molecule has 0 unspecified atom stereocenters. The number of hydrogen-bond acceptors (Lipinski definition) is 5. The predicted octanol–water partition coefficient (Wildman–Crippen LogP) is 2.49. The molecule has 0 radical (unpaired) electrons. The molecule has 0 atom stereocenters. The van der Waals surface area contributed by atoms with Gasteiger partial charge in [0.1, 0.15) is 5.03 Å². The molecule has 0 bridgehead atoms. The summed E-state index contributed by atoms with van der Waals surface area (Å²) in [6, 6.07) is 1.97. The maximum absolute atomic E-state index is 4.47. The van der Waals surface area contributed by atoms with E-state index in [-0.39, 0.29) is 0 Å². The number of hydrogen-bond donors (Lipinski definition) is 1. The summed E-state index contributed by atoms with van der Waals surface area (Å²) in [5.74, 6) is 0.688. The predicted molar refractivity (Wildman–Crippen MR) is 72.9 cm³/mol. The zero-order valence-corrected chi connectivity index (χ0v) is 11.7. The molecular formula is C12H17N5S. The van der Waals surface area contributed by atoms with Gasteiger partial charge in [-0.3, -0.25) is 0 Å². The van der Waals surface area contributed by atoms with Gasteiger partial charge in [-0.15, -0.1) is 0 Å². The third kappa shape index (κ3) is 3.22. The Hall–Kier alpha value is -1.56. The van der Waals surface area contributed by atoms with E-state index in [1.54, 1.807) is 18.0 Å². The fraction of sp³-hybridized carbons (Fsp3) is 0.417. The van der Waals surface area contributed by atoms with Crippen molar-refractivity contribution in [1.29, 1.82) is 0 Å². The van der Waals surface area contributed by atoms with Gasteiger partial charge in [0.15, 0.2) is 5.16 Å². The van der Waals surface area contributed by atoms with Crippen molar-refractivity contribution in [3.8, 4) is 0 Å². The maximum Gasteiger partial charge on any atom is 0.223 e. The van der Waals surface area contributed by atoms with E-state index in [2.05, 4.69) is 27.2 Å². The Labute approximate surface area is 111 Å². The van der Waals surface area contributed by atoms with E-state index in [0.29, 0.717) is 5.95 Å². The molecular weight excluding hydrogens is 246 g/mol. The van der Waals surface area contributed by atoms with Crippen LogP contribution in [0.15, 0.2) is 28.6 Å². The molecule has 18 heavy (non-hydrogen) atoms. The summed E-state index contributed by atoms with van der Waals surface area (Å²) in [6.45, 7) is 4.98. The van der Waals surface area contributed by atoms with Gasteiger partial charge in [0.2, 0.25) is 5.95 Å². The van der Waals surface area contributed by atoms with E-state index in [0.717, 1.165) is 28.8 Å². The van der Waals surface area contributed by atoms with E-state index in [4.69, 9.17) is 0 Å². The van der Waals surface area contributed by atoms with Crippen molar-refractivity contribution in [2.45, 2.75) is 30.5 Å². The van der Waals surface area contributed by atoms with Crippen molar-refractivity contribution >= 4 is 17.7 Å². The molecule has 0 amide bonds. The summed E-state index contributed by atoms with van der Waals surface area (Å²) < 4.78 is 1.97. The SMILES string of the molecule is CCCNc1nc(C)cc(Sc2nccn2C)n1. The van der Waals surface area contributed by atoms with Gasteiger partial charge in [0, 0.05) is 31.7 Å². The lowest BCUT2D eigenvalue weighted by molar-refractivity contribution is 0.788. The molecule has 2 rings (SSSR count). The summed E-state index contributed by atoms with van der Waals surface area (Å²) in [5.41, 5.74) is 0.959. The van der Waals surface area contributed by atoms with Gasteiger partial charge < -0.3 is 9.88 Å². The molecule has 6 heteroatoms. The minimum atomic E-state index is 0.688. The van der Waals surface area contributed by atoms with Crippen LogP contribution in [0.3, 0.4) is 0 Å². The van der Waals surface area contributed by atoms with Crippen LogP contribution in [-0.4, -0.2) is 26.1 Å². The lowest BCUT2D eigenvalue weighted by atomic mass is 10.4. The van der Waals surface area contributed by atoms with Crippen LogP contribution in [0.25, 0.3) is 0 Å². The summed E-state index contributed by atoms with van der Waals surface area (Å²) >= 11 is 1.54. The summed E-state index contributed by atoms with van der Waals surface area (Å²) in [6.07, 6.45) is 4.76. The number of anilines is 1. The number of nitrogens with one attached hydrogen (secondary N) is 1. The van der Waals surface area contributed by atoms with Gasteiger partial charge in [-0.05, 0) is 31.2 Å². The average Bonchev–Trinajstić information content (AvgIpc) is 2.72. The van der Waals surface area contributed by atoms with Crippen molar-refractivity contribution in [3.63, 3.8) is 0 Å². The molecule has 0 aliphatic heterocycles. The lowest BCUT2D eigenvalue weighted by Crippen LogP contribution is -2.05. The second kappa shape index (κ2) is 5.86. The maximum atomic E-state index is 4.47. The first-order valence-corrected chi connectivity index (χ1v) is 6.75. The highest BCUT2D eigenvalue weighted by Gasteiger charge is 2.06. The molecule has 2 heterocycles. The molecule has 0 fully saturated rings.